The van der Waals surface area contributed by atoms with E-state index in [1.165, 1.54) is 7.11 Å². The van der Waals surface area contributed by atoms with Crippen LogP contribution in [0.5, 0.6) is 0 Å². The number of hydrogen-bond donors (Lipinski definition) is 1. The number of esters is 1. The number of nitrogens with one attached hydrogen (secondary N) is 1. The molecule has 4 heteroatoms. The van der Waals surface area contributed by atoms with Crippen molar-refractivity contribution in [2.45, 2.75) is 39.7 Å². The number of amides is 1. The van der Waals surface area contributed by atoms with E-state index in [1.54, 1.807) is 0 Å². The quantitative estimate of drug-likeness (QED) is 0.721. The standard InChI is InChI=1S/C12H21NO3/c1-5-7(2)10(12(15)16-4)13-11(14)9-6-8(9)3/h7-10H,5-6H2,1-4H3,(H,13,14)/t7-,8-,9-,10-/m0/s1. The highest BCUT2D eigenvalue weighted by Crippen LogP contribution is 2.37. The van der Waals surface area contributed by atoms with E-state index >= 15 is 0 Å². The molecule has 0 radical (unpaired) electrons. The third-order valence-electron chi connectivity index (χ3n) is 3.41. The Balaban J connectivity index is 2.56. The maximum atomic E-state index is 11.7. The van der Waals surface area contributed by atoms with Gasteiger partial charge in [0.25, 0.3) is 0 Å². The molecule has 0 unspecified atom stereocenters. The Morgan fingerprint density at radius 2 is 2.06 bits per heavy atom. The molecule has 1 saturated carbocycles. The molecule has 1 amide bonds. The topological polar surface area (TPSA) is 55.4 Å². The predicted octanol–water partition coefficient (Wildman–Crippen LogP) is 1.35. The van der Waals surface area contributed by atoms with Crippen molar-refractivity contribution >= 4 is 11.9 Å². The number of ether oxygens (including phenoxy) is 1. The summed E-state index contributed by atoms with van der Waals surface area (Å²) in [6, 6.07) is -0.504. The van der Waals surface area contributed by atoms with Gasteiger partial charge in [-0.05, 0) is 18.3 Å². The van der Waals surface area contributed by atoms with Crippen molar-refractivity contribution in [2.24, 2.45) is 17.8 Å². The van der Waals surface area contributed by atoms with E-state index in [2.05, 4.69) is 5.32 Å². The van der Waals surface area contributed by atoms with E-state index in [4.69, 9.17) is 4.74 Å². The molecule has 0 aromatic heterocycles. The summed E-state index contributed by atoms with van der Waals surface area (Å²) in [4.78, 5) is 23.3. The van der Waals surface area contributed by atoms with Gasteiger partial charge in [-0.25, -0.2) is 4.79 Å². The fraction of sp³-hybridized carbons (Fsp3) is 0.833. The largest absolute Gasteiger partial charge is 0.467 e. The number of carbonyl (C=O) groups is 2. The molecule has 0 spiro atoms. The van der Waals surface area contributed by atoms with Crippen LogP contribution in [0.4, 0.5) is 0 Å². The molecular weight excluding hydrogens is 206 g/mol. The molecule has 0 aromatic carbocycles. The van der Waals surface area contributed by atoms with Gasteiger partial charge in [0.2, 0.25) is 5.91 Å². The number of hydrogen-bond acceptors (Lipinski definition) is 3. The number of methoxy groups -OCH3 is 1. The van der Waals surface area contributed by atoms with Crippen LogP contribution in [0.25, 0.3) is 0 Å². The second-order valence-electron chi connectivity index (χ2n) is 4.71. The second-order valence-corrected chi connectivity index (χ2v) is 4.71. The lowest BCUT2D eigenvalue weighted by Crippen LogP contribution is -2.46. The minimum absolute atomic E-state index is 0.0109. The van der Waals surface area contributed by atoms with Crippen LogP contribution in [0.2, 0.25) is 0 Å². The summed E-state index contributed by atoms with van der Waals surface area (Å²) in [6.45, 7) is 5.98. The average Bonchev–Trinajstić information content (AvgIpc) is 3.01. The van der Waals surface area contributed by atoms with Crippen molar-refractivity contribution in [3.8, 4) is 0 Å². The van der Waals surface area contributed by atoms with E-state index < -0.39 is 6.04 Å². The first-order chi connectivity index (χ1) is 7.51. The summed E-state index contributed by atoms with van der Waals surface area (Å²) in [5.41, 5.74) is 0. The highest BCUT2D eigenvalue weighted by Gasteiger charge is 2.41. The Hall–Kier alpha value is -1.06. The molecule has 0 heterocycles. The highest BCUT2D eigenvalue weighted by molar-refractivity contribution is 5.87. The van der Waals surface area contributed by atoms with Crippen LogP contribution >= 0.6 is 0 Å². The Morgan fingerprint density at radius 1 is 1.50 bits per heavy atom. The SMILES string of the molecule is CC[C@H](C)[C@H](NC(=O)[C@H]1C[C@@H]1C)C(=O)OC. The Bertz CT molecular complexity index is 277. The Morgan fingerprint density at radius 3 is 2.44 bits per heavy atom. The van der Waals surface area contributed by atoms with E-state index in [-0.39, 0.29) is 23.7 Å². The first-order valence-corrected chi connectivity index (χ1v) is 5.89. The lowest BCUT2D eigenvalue weighted by atomic mass is 9.99. The minimum Gasteiger partial charge on any atom is -0.467 e. The molecule has 1 rings (SSSR count). The van der Waals surface area contributed by atoms with Crippen LogP contribution in [0.3, 0.4) is 0 Å². The van der Waals surface area contributed by atoms with Gasteiger partial charge in [0.1, 0.15) is 6.04 Å². The van der Waals surface area contributed by atoms with E-state index in [0.717, 1.165) is 12.8 Å². The van der Waals surface area contributed by atoms with Crippen LogP contribution in [0, 0.1) is 17.8 Å². The molecular formula is C12H21NO3. The smallest absolute Gasteiger partial charge is 0.328 e. The summed E-state index contributed by atoms with van der Waals surface area (Å²) in [5, 5.41) is 2.80. The Labute approximate surface area is 96.7 Å². The molecule has 92 valence electrons. The third-order valence-corrected chi connectivity index (χ3v) is 3.41. The Kier molecular flexibility index (Phi) is 4.33. The van der Waals surface area contributed by atoms with Gasteiger partial charge >= 0.3 is 5.97 Å². The first kappa shape index (κ1) is 13.0. The molecule has 0 saturated heterocycles. The number of carbonyl (C=O) groups excluding carboxylic acids is 2. The molecule has 1 fully saturated rings. The molecule has 1 aliphatic carbocycles. The fourth-order valence-corrected chi connectivity index (χ4v) is 1.74. The maximum Gasteiger partial charge on any atom is 0.328 e. The zero-order valence-electron chi connectivity index (χ0n) is 10.4. The predicted molar refractivity (Wildman–Crippen MR) is 60.7 cm³/mol. The summed E-state index contributed by atoms with van der Waals surface area (Å²) in [7, 11) is 1.35. The molecule has 0 aliphatic heterocycles. The summed E-state index contributed by atoms with van der Waals surface area (Å²) in [6.07, 6.45) is 1.76. The molecule has 1 N–H and O–H groups in total. The first-order valence-electron chi connectivity index (χ1n) is 5.89. The van der Waals surface area contributed by atoms with Crippen LogP contribution < -0.4 is 5.32 Å². The van der Waals surface area contributed by atoms with Gasteiger partial charge in [0.15, 0.2) is 0 Å². The van der Waals surface area contributed by atoms with Gasteiger partial charge in [-0.15, -0.1) is 0 Å². The van der Waals surface area contributed by atoms with Crippen molar-refractivity contribution < 1.29 is 14.3 Å². The maximum absolute atomic E-state index is 11.7. The lowest BCUT2D eigenvalue weighted by Gasteiger charge is -2.21. The fourth-order valence-electron chi connectivity index (χ4n) is 1.74. The van der Waals surface area contributed by atoms with Gasteiger partial charge in [-0.1, -0.05) is 27.2 Å². The van der Waals surface area contributed by atoms with Gasteiger partial charge < -0.3 is 10.1 Å². The van der Waals surface area contributed by atoms with Gasteiger partial charge in [0, 0.05) is 5.92 Å². The normalized spacial score (nSPS) is 26.8. The summed E-state index contributed by atoms with van der Waals surface area (Å²) < 4.78 is 4.71. The lowest BCUT2D eigenvalue weighted by molar-refractivity contribution is -0.146. The zero-order chi connectivity index (χ0) is 12.3. The van der Waals surface area contributed by atoms with Crippen LogP contribution in [-0.4, -0.2) is 25.0 Å². The van der Waals surface area contributed by atoms with E-state index in [1.807, 2.05) is 20.8 Å². The molecule has 0 aromatic rings. The van der Waals surface area contributed by atoms with Crippen LogP contribution in [-0.2, 0) is 14.3 Å². The molecule has 4 nitrogen and oxygen atoms in total. The van der Waals surface area contributed by atoms with Crippen molar-refractivity contribution in [3.05, 3.63) is 0 Å². The monoisotopic (exact) mass is 227 g/mol. The van der Waals surface area contributed by atoms with Crippen LogP contribution in [0.15, 0.2) is 0 Å². The average molecular weight is 227 g/mol. The summed E-state index contributed by atoms with van der Waals surface area (Å²) in [5.74, 6) is 0.288. The number of rotatable bonds is 5. The third kappa shape index (κ3) is 2.97. The van der Waals surface area contributed by atoms with Crippen molar-refractivity contribution in [3.63, 3.8) is 0 Å². The van der Waals surface area contributed by atoms with Crippen molar-refractivity contribution in [1.82, 2.24) is 5.32 Å². The minimum atomic E-state index is -0.504. The van der Waals surface area contributed by atoms with Gasteiger partial charge in [0.05, 0.1) is 7.11 Å². The second kappa shape index (κ2) is 5.32. The molecule has 0 bridgehead atoms. The van der Waals surface area contributed by atoms with Crippen molar-refractivity contribution in [2.75, 3.05) is 7.11 Å². The molecule has 4 atom stereocenters. The van der Waals surface area contributed by atoms with Crippen LogP contribution in [0.1, 0.15) is 33.6 Å². The zero-order valence-corrected chi connectivity index (χ0v) is 10.4. The van der Waals surface area contributed by atoms with Crippen molar-refractivity contribution in [1.29, 1.82) is 0 Å². The summed E-state index contributed by atoms with van der Waals surface area (Å²) >= 11 is 0. The van der Waals surface area contributed by atoms with Gasteiger partial charge in [-0.3, -0.25) is 4.79 Å². The van der Waals surface area contributed by atoms with E-state index in [9.17, 15) is 9.59 Å². The highest BCUT2D eigenvalue weighted by atomic mass is 16.5. The van der Waals surface area contributed by atoms with Gasteiger partial charge in [-0.2, -0.15) is 0 Å². The molecule has 16 heavy (non-hydrogen) atoms. The van der Waals surface area contributed by atoms with E-state index in [0.29, 0.717) is 5.92 Å². The molecule has 1 aliphatic rings.